The fraction of sp³-hybridized carbons (Fsp3) is 0.214. The van der Waals surface area contributed by atoms with Gasteiger partial charge in [-0.3, -0.25) is 4.79 Å². The van der Waals surface area contributed by atoms with Gasteiger partial charge in [0, 0.05) is 35.8 Å². The van der Waals surface area contributed by atoms with Crippen LogP contribution in [0.5, 0.6) is 0 Å². The zero-order valence-electron chi connectivity index (χ0n) is 10.8. The first kappa shape index (κ1) is 11.2. The first-order chi connectivity index (χ1) is 9.83. The fourth-order valence-electron chi connectivity index (χ4n) is 2.68. The van der Waals surface area contributed by atoms with E-state index in [4.69, 9.17) is 0 Å². The number of carbonyl (C=O) groups is 1. The van der Waals surface area contributed by atoms with Crippen LogP contribution in [0.3, 0.4) is 0 Å². The summed E-state index contributed by atoms with van der Waals surface area (Å²) in [5, 5.41) is 8.89. The maximum atomic E-state index is 12.7. The van der Waals surface area contributed by atoms with Gasteiger partial charge >= 0.3 is 0 Å². The Morgan fingerprint density at radius 1 is 1.25 bits per heavy atom. The zero-order chi connectivity index (χ0) is 13.5. The van der Waals surface area contributed by atoms with E-state index in [9.17, 15) is 4.79 Å². The standard InChI is InChI=1S/C14H13N5O/c20-14(11-2-1-3-12-10(11)4-5-15-12)18-6-7-19-9-16-17-13(19)8-18/h1-5,9,15H,6-8H2. The zero-order valence-corrected chi connectivity index (χ0v) is 10.8. The van der Waals surface area contributed by atoms with Crippen LogP contribution in [0.25, 0.3) is 10.9 Å². The van der Waals surface area contributed by atoms with E-state index in [1.807, 2.05) is 39.9 Å². The van der Waals surface area contributed by atoms with Crippen LogP contribution in [-0.4, -0.2) is 37.1 Å². The predicted octanol–water partition coefficient (Wildman–Crippen LogP) is 1.42. The van der Waals surface area contributed by atoms with Crippen molar-refractivity contribution >= 4 is 16.8 Å². The number of H-pyrrole nitrogens is 1. The normalized spacial score (nSPS) is 14.5. The molecule has 1 aliphatic heterocycles. The van der Waals surface area contributed by atoms with Gasteiger partial charge in [0.15, 0.2) is 5.82 Å². The van der Waals surface area contributed by atoms with Gasteiger partial charge in [0.1, 0.15) is 6.33 Å². The molecule has 4 rings (SSSR count). The molecule has 0 saturated heterocycles. The first-order valence-corrected chi connectivity index (χ1v) is 6.55. The van der Waals surface area contributed by atoms with E-state index in [1.54, 1.807) is 6.33 Å². The van der Waals surface area contributed by atoms with Crippen molar-refractivity contribution < 1.29 is 4.79 Å². The number of nitrogens with one attached hydrogen (secondary N) is 1. The molecular formula is C14H13N5O. The third-order valence-electron chi connectivity index (χ3n) is 3.75. The van der Waals surface area contributed by atoms with Crippen LogP contribution in [0.15, 0.2) is 36.8 Å². The molecule has 0 radical (unpaired) electrons. The second kappa shape index (κ2) is 4.19. The number of fused-ring (bicyclic) bond motifs is 2. The summed E-state index contributed by atoms with van der Waals surface area (Å²) >= 11 is 0. The van der Waals surface area contributed by atoms with Crippen molar-refractivity contribution in [2.45, 2.75) is 13.1 Å². The molecule has 0 spiro atoms. The second-order valence-corrected chi connectivity index (χ2v) is 4.91. The van der Waals surface area contributed by atoms with E-state index in [-0.39, 0.29) is 5.91 Å². The smallest absolute Gasteiger partial charge is 0.255 e. The van der Waals surface area contributed by atoms with E-state index in [0.717, 1.165) is 28.8 Å². The molecule has 1 N–H and O–H groups in total. The van der Waals surface area contributed by atoms with Crippen LogP contribution < -0.4 is 0 Å². The lowest BCUT2D eigenvalue weighted by Gasteiger charge is -2.27. The molecule has 3 aromatic rings. The number of aromatic nitrogens is 4. The van der Waals surface area contributed by atoms with E-state index in [2.05, 4.69) is 15.2 Å². The van der Waals surface area contributed by atoms with Crippen molar-refractivity contribution in [3.8, 4) is 0 Å². The number of hydrogen-bond acceptors (Lipinski definition) is 3. The van der Waals surface area contributed by atoms with Gasteiger partial charge in [0.25, 0.3) is 5.91 Å². The molecule has 0 unspecified atom stereocenters. The predicted molar refractivity (Wildman–Crippen MR) is 73.1 cm³/mol. The quantitative estimate of drug-likeness (QED) is 0.725. The van der Waals surface area contributed by atoms with E-state index in [1.165, 1.54) is 0 Å². The topological polar surface area (TPSA) is 66.8 Å². The molecule has 1 aliphatic rings. The van der Waals surface area contributed by atoms with Gasteiger partial charge in [0.2, 0.25) is 0 Å². The van der Waals surface area contributed by atoms with Gasteiger partial charge < -0.3 is 14.5 Å². The molecule has 6 nitrogen and oxygen atoms in total. The van der Waals surface area contributed by atoms with Crippen molar-refractivity contribution in [2.75, 3.05) is 6.54 Å². The number of carbonyl (C=O) groups excluding carboxylic acids is 1. The molecule has 2 aromatic heterocycles. The van der Waals surface area contributed by atoms with Crippen molar-refractivity contribution in [3.63, 3.8) is 0 Å². The lowest BCUT2D eigenvalue weighted by Crippen LogP contribution is -2.38. The third kappa shape index (κ3) is 1.61. The summed E-state index contributed by atoms with van der Waals surface area (Å²) in [6, 6.07) is 7.68. The maximum absolute atomic E-state index is 12.7. The summed E-state index contributed by atoms with van der Waals surface area (Å²) in [5.41, 5.74) is 1.72. The lowest BCUT2D eigenvalue weighted by atomic mass is 10.1. The SMILES string of the molecule is O=C(c1cccc2[nH]ccc12)N1CCn2cnnc2C1. The van der Waals surface area contributed by atoms with Crippen LogP contribution in [0.4, 0.5) is 0 Å². The molecule has 0 aliphatic carbocycles. The fourth-order valence-corrected chi connectivity index (χ4v) is 2.68. The molecule has 1 amide bonds. The minimum absolute atomic E-state index is 0.0458. The summed E-state index contributed by atoms with van der Waals surface area (Å²) in [7, 11) is 0. The Balaban J connectivity index is 1.70. The average molecular weight is 267 g/mol. The molecule has 3 heterocycles. The van der Waals surface area contributed by atoms with Crippen LogP contribution in [0.2, 0.25) is 0 Å². The Hall–Kier alpha value is -2.63. The highest BCUT2D eigenvalue weighted by Crippen LogP contribution is 2.21. The second-order valence-electron chi connectivity index (χ2n) is 4.91. The molecule has 0 saturated carbocycles. The van der Waals surface area contributed by atoms with Crippen molar-refractivity contribution in [1.29, 1.82) is 0 Å². The Kier molecular flexibility index (Phi) is 2.35. The highest BCUT2D eigenvalue weighted by atomic mass is 16.2. The number of rotatable bonds is 1. The van der Waals surface area contributed by atoms with Crippen LogP contribution in [-0.2, 0) is 13.1 Å². The summed E-state index contributed by atoms with van der Waals surface area (Å²) < 4.78 is 1.99. The largest absolute Gasteiger partial charge is 0.361 e. The minimum atomic E-state index is 0.0458. The number of aromatic amines is 1. The van der Waals surface area contributed by atoms with Gasteiger partial charge in [-0.1, -0.05) is 6.07 Å². The van der Waals surface area contributed by atoms with E-state index in [0.29, 0.717) is 13.1 Å². The van der Waals surface area contributed by atoms with E-state index < -0.39 is 0 Å². The minimum Gasteiger partial charge on any atom is -0.361 e. The maximum Gasteiger partial charge on any atom is 0.255 e. The molecule has 100 valence electrons. The third-order valence-corrected chi connectivity index (χ3v) is 3.75. The highest BCUT2D eigenvalue weighted by Gasteiger charge is 2.23. The summed E-state index contributed by atoms with van der Waals surface area (Å²) in [6.45, 7) is 1.95. The first-order valence-electron chi connectivity index (χ1n) is 6.55. The van der Waals surface area contributed by atoms with Gasteiger partial charge in [-0.2, -0.15) is 0 Å². The Labute approximate surface area is 115 Å². The average Bonchev–Trinajstić information content (AvgIpc) is 3.13. The summed E-state index contributed by atoms with van der Waals surface area (Å²) in [6.07, 6.45) is 3.57. The van der Waals surface area contributed by atoms with Crippen LogP contribution in [0.1, 0.15) is 16.2 Å². The number of nitrogens with zero attached hydrogens (tertiary/aromatic N) is 4. The number of amides is 1. The van der Waals surface area contributed by atoms with Gasteiger partial charge in [-0.05, 0) is 18.2 Å². The molecule has 20 heavy (non-hydrogen) atoms. The monoisotopic (exact) mass is 267 g/mol. The van der Waals surface area contributed by atoms with Crippen LogP contribution >= 0.6 is 0 Å². The van der Waals surface area contributed by atoms with Gasteiger partial charge in [-0.15, -0.1) is 10.2 Å². The van der Waals surface area contributed by atoms with Crippen molar-refractivity contribution in [3.05, 3.63) is 48.2 Å². The number of hydrogen-bond donors (Lipinski definition) is 1. The Morgan fingerprint density at radius 3 is 3.15 bits per heavy atom. The summed E-state index contributed by atoms with van der Waals surface area (Å²) in [4.78, 5) is 17.7. The van der Waals surface area contributed by atoms with Crippen molar-refractivity contribution in [2.24, 2.45) is 0 Å². The Bertz CT molecular complexity index is 788. The molecule has 0 bridgehead atoms. The van der Waals surface area contributed by atoms with Gasteiger partial charge in [0.05, 0.1) is 6.54 Å². The lowest BCUT2D eigenvalue weighted by molar-refractivity contribution is 0.0709. The Morgan fingerprint density at radius 2 is 2.20 bits per heavy atom. The highest BCUT2D eigenvalue weighted by molar-refractivity contribution is 6.06. The molecular weight excluding hydrogens is 254 g/mol. The van der Waals surface area contributed by atoms with Crippen molar-refractivity contribution in [1.82, 2.24) is 24.6 Å². The molecule has 1 aromatic carbocycles. The summed E-state index contributed by atoms with van der Waals surface area (Å²) in [5.74, 6) is 0.885. The van der Waals surface area contributed by atoms with Crippen LogP contribution in [0, 0.1) is 0 Å². The van der Waals surface area contributed by atoms with E-state index >= 15 is 0 Å². The molecule has 0 atom stereocenters. The van der Waals surface area contributed by atoms with Gasteiger partial charge in [-0.25, -0.2) is 0 Å². The number of benzene rings is 1. The molecule has 0 fully saturated rings. The molecule has 6 heteroatoms.